The number of aliphatic hydroxyl groups excluding tert-OH is 11. The molecular formula is C24H42O18. The molecule has 0 aliphatic carbocycles. The van der Waals surface area contributed by atoms with E-state index in [9.17, 15) is 56.2 Å². The molecule has 4 heterocycles. The van der Waals surface area contributed by atoms with Gasteiger partial charge < -0.3 is 89.3 Å². The molecule has 4 aliphatic rings. The first-order valence-corrected chi connectivity index (χ1v) is 13.7. The third kappa shape index (κ3) is 6.91. The molecule has 18 atom stereocenters. The van der Waals surface area contributed by atoms with Crippen molar-refractivity contribution in [3.8, 4) is 0 Å². The van der Waals surface area contributed by atoms with Gasteiger partial charge in [0.1, 0.15) is 79.4 Å². The fraction of sp³-hybridized carbons (Fsp3) is 1.00. The maximum absolute atomic E-state index is 10.9. The predicted molar refractivity (Wildman–Crippen MR) is 130 cm³/mol. The zero-order valence-corrected chi connectivity index (χ0v) is 22.7. The number of hydrogen-bond donors (Lipinski definition) is 11. The zero-order valence-electron chi connectivity index (χ0n) is 22.7. The topological polar surface area (TPSA) is 287 Å². The molecule has 42 heavy (non-hydrogen) atoms. The van der Waals surface area contributed by atoms with Crippen LogP contribution in [0.5, 0.6) is 0 Å². The first-order valence-electron chi connectivity index (χ1n) is 13.7. The highest BCUT2D eigenvalue weighted by atomic mass is 16.8. The largest absolute Gasteiger partial charge is 0.394 e. The minimum Gasteiger partial charge on any atom is -0.394 e. The van der Waals surface area contributed by atoms with Crippen LogP contribution in [0.4, 0.5) is 0 Å². The minimum atomic E-state index is -1.87. The van der Waals surface area contributed by atoms with Gasteiger partial charge >= 0.3 is 0 Å². The third-order valence-electron chi connectivity index (χ3n) is 8.02. The van der Waals surface area contributed by atoms with Gasteiger partial charge in [-0.1, -0.05) is 0 Å². The molecule has 0 radical (unpaired) electrons. The second-order valence-corrected chi connectivity index (χ2v) is 10.8. The van der Waals surface area contributed by atoms with Crippen LogP contribution in [0.25, 0.3) is 0 Å². The Hall–Kier alpha value is -0.720. The molecule has 0 aromatic carbocycles. The van der Waals surface area contributed by atoms with E-state index in [0.29, 0.717) is 0 Å². The van der Waals surface area contributed by atoms with E-state index in [-0.39, 0.29) is 13.0 Å². The molecule has 0 unspecified atom stereocenters. The molecule has 11 N–H and O–H groups in total. The highest BCUT2D eigenvalue weighted by molar-refractivity contribution is 4.95. The van der Waals surface area contributed by atoms with E-state index in [1.54, 1.807) is 0 Å². The van der Waals surface area contributed by atoms with E-state index >= 15 is 0 Å². The van der Waals surface area contributed by atoms with Gasteiger partial charge in [0.2, 0.25) is 0 Å². The van der Waals surface area contributed by atoms with Crippen molar-refractivity contribution in [2.24, 2.45) is 0 Å². The lowest BCUT2D eigenvalue weighted by Gasteiger charge is -2.48. The van der Waals surface area contributed by atoms with Crippen molar-refractivity contribution in [1.82, 2.24) is 0 Å². The quantitative estimate of drug-likeness (QED) is 0.114. The van der Waals surface area contributed by atoms with Crippen molar-refractivity contribution in [3.63, 3.8) is 0 Å². The maximum atomic E-state index is 10.9. The first kappa shape index (κ1) is 34.2. The van der Waals surface area contributed by atoms with Crippen LogP contribution in [0.3, 0.4) is 0 Å². The second kappa shape index (κ2) is 14.6. The van der Waals surface area contributed by atoms with Gasteiger partial charge in [-0.05, 0) is 13.3 Å². The Morgan fingerprint density at radius 3 is 1.62 bits per heavy atom. The van der Waals surface area contributed by atoms with Crippen LogP contribution >= 0.6 is 0 Å². The molecule has 246 valence electrons. The summed E-state index contributed by atoms with van der Waals surface area (Å²) in [5.74, 6) is 0. The third-order valence-corrected chi connectivity index (χ3v) is 8.02. The predicted octanol–water partition coefficient (Wildman–Crippen LogP) is -7.01. The lowest BCUT2D eigenvalue weighted by atomic mass is 9.96. The SMILES string of the molecule is C[C@@H]1O[C@@H](O[C@@H]2[C@@H](CO)OCC[C@H]2O[C@@H]2O[C@H](CO)[C@H](O)[C@H](O)[C@H]2O[C@H]2O[C@H](CO)[C@H](O)[C@H](O)[C@H]2O)[C@@H](O)[C@H](O)[C@@H]1O. The lowest BCUT2D eigenvalue weighted by Crippen LogP contribution is -2.65. The first-order chi connectivity index (χ1) is 19.9. The Morgan fingerprint density at radius 1 is 0.524 bits per heavy atom. The van der Waals surface area contributed by atoms with E-state index in [0.717, 1.165) is 0 Å². The summed E-state index contributed by atoms with van der Waals surface area (Å²) in [6.45, 7) is -0.597. The summed E-state index contributed by atoms with van der Waals surface area (Å²) in [5.41, 5.74) is 0. The van der Waals surface area contributed by atoms with Crippen LogP contribution in [0.2, 0.25) is 0 Å². The summed E-state index contributed by atoms with van der Waals surface area (Å²) in [4.78, 5) is 0. The van der Waals surface area contributed by atoms with E-state index in [1.807, 2.05) is 0 Å². The molecule has 0 saturated carbocycles. The summed E-state index contributed by atoms with van der Waals surface area (Å²) in [6.07, 6.45) is -27.0. The molecule has 18 heteroatoms. The van der Waals surface area contributed by atoms with Gasteiger partial charge in [0.15, 0.2) is 18.9 Å². The van der Waals surface area contributed by atoms with E-state index in [1.165, 1.54) is 6.92 Å². The summed E-state index contributed by atoms with van der Waals surface area (Å²) in [5, 5.41) is 112. The fourth-order valence-electron chi connectivity index (χ4n) is 5.41. The van der Waals surface area contributed by atoms with Crippen molar-refractivity contribution in [1.29, 1.82) is 0 Å². The number of hydrogen-bond acceptors (Lipinski definition) is 18. The van der Waals surface area contributed by atoms with Gasteiger partial charge in [0.05, 0.1) is 32.0 Å². The van der Waals surface area contributed by atoms with Crippen molar-refractivity contribution < 1.29 is 89.3 Å². The van der Waals surface area contributed by atoms with E-state index in [2.05, 4.69) is 0 Å². The maximum Gasteiger partial charge on any atom is 0.187 e. The van der Waals surface area contributed by atoms with Crippen LogP contribution in [0.15, 0.2) is 0 Å². The van der Waals surface area contributed by atoms with Crippen molar-refractivity contribution in [2.75, 3.05) is 26.4 Å². The van der Waals surface area contributed by atoms with Crippen LogP contribution in [0.1, 0.15) is 13.3 Å². The van der Waals surface area contributed by atoms with Gasteiger partial charge in [0, 0.05) is 6.61 Å². The second-order valence-electron chi connectivity index (χ2n) is 10.8. The molecule has 4 fully saturated rings. The smallest absolute Gasteiger partial charge is 0.187 e. The highest BCUT2D eigenvalue weighted by Crippen LogP contribution is 2.33. The van der Waals surface area contributed by atoms with Crippen LogP contribution in [-0.4, -0.2) is 193 Å². The molecule has 0 bridgehead atoms. The number of rotatable bonds is 9. The molecule has 0 spiro atoms. The molecule has 4 aliphatic heterocycles. The summed E-state index contributed by atoms with van der Waals surface area (Å²) < 4.78 is 39.7. The number of ether oxygens (including phenoxy) is 7. The Balaban J connectivity index is 1.56. The Morgan fingerprint density at radius 2 is 1.02 bits per heavy atom. The average Bonchev–Trinajstić information content (AvgIpc) is 2.98. The molecule has 4 saturated heterocycles. The molecular weight excluding hydrogens is 576 g/mol. The Bertz CT molecular complexity index is 837. The van der Waals surface area contributed by atoms with Gasteiger partial charge in [-0.2, -0.15) is 0 Å². The van der Waals surface area contributed by atoms with Crippen LogP contribution < -0.4 is 0 Å². The van der Waals surface area contributed by atoms with Gasteiger partial charge in [-0.15, -0.1) is 0 Å². The van der Waals surface area contributed by atoms with Crippen molar-refractivity contribution >= 4 is 0 Å². The van der Waals surface area contributed by atoms with Crippen LogP contribution in [0, 0.1) is 0 Å². The Kier molecular flexibility index (Phi) is 11.9. The molecule has 0 amide bonds. The van der Waals surface area contributed by atoms with Crippen molar-refractivity contribution in [3.05, 3.63) is 0 Å². The highest BCUT2D eigenvalue weighted by Gasteiger charge is 2.53. The summed E-state index contributed by atoms with van der Waals surface area (Å²) in [7, 11) is 0. The Labute approximate surface area is 240 Å². The molecule has 18 nitrogen and oxygen atoms in total. The minimum absolute atomic E-state index is 0.0428. The summed E-state index contributed by atoms with van der Waals surface area (Å²) in [6, 6.07) is 0. The lowest BCUT2D eigenvalue weighted by molar-refractivity contribution is -0.383. The van der Waals surface area contributed by atoms with Gasteiger partial charge in [0.25, 0.3) is 0 Å². The number of aliphatic hydroxyl groups is 11. The standard InChI is InChI=1S/C24H42O18/c1-7-12(28)15(31)18(34)22(37-7)41-20-8(2-3-36-11(20)6-27)38-24-21(17(33)14(30)10(5-26)40-24)42-23-19(35)16(32)13(29)9(4-25)39-23/h7-35H,2-6H2,1H3/t7-,8+,9+,10+,11+,12+,13-,14-,15+,16-,17-,18-,19+,20-,21+,22-,23+,24+/m0/s1. The van der Waals surface area contributed by atoms with Crippen LogP contribution in [-0.2, 0) is 33.2 Å². The normalized spacial score (nSPS) is 52.3. The van der Waals surface area contributed by atoms with Gasteiger partial charge in [-0.25, -0.2) is 0 Å². The van der Waals surface area contributed by atoms with Crippen molar-refractivity contribution in [2.45, 2.75) is 124 Å². The monoisotopic (exact) mass is 618 g/mol. The van der Waals surface area contributed by atoms with E-state index < -0.39 is 130 Å². The molecule has 0 aromatic heterocycles. The zero-order chi connectivity index (χ0) is 30.9. The average molecular weight is 619 g/mol. The molecule has 4 rings (SSSR count). The van der Waals surface area contributed by atoms with E-state index in [4.69, 9.17) is 33.2 Å². The fourth-order valence-corrected chi connectivity index (χ4v) is 5.41. The summed E-state index contributed by atoms with van der Waals surface area (Å²) >= 11 is 0. The van der Waals surface area contributed by atoms with Gasteiger partial charge in [-0.3, -0.25) is 0 Å². The molecule has 0 aromatic rings.